The SMILES string of the molecule is CCCCCCCCCC/C=C/CCCC(O)C(O)C(CO)NC(=O)C(O)CCCCCCCCCCCCCCCCC. The maximum absolute atomic E-state index is 12.4. The second kappa shape index (κ2) is 33.4. The van der Waals surface area contributed by atoms with Gasteiger partial charge in [-0.25, -0.2) is 0 Å². The predicted octanol–water partition coefficient (Wildman–Crippen LogP) is 9.07. The fourth-order valence-corrected chi connectivity index (χ4v) is 5.87. The highest BCUT2D eigenvalue weighted by atomic mass is 16.3. The highest BCUT2D eigenvalue weighted by Crippen LogP contribution is 2.15. The molecule has 6 nitrogen and oxygen atoms in total. The molecule has 5 N–H and O–H groups in total. The molecule has 0 aromatic carbocycles. The second-order valence-electron chi connectivity index (χ2n) is 13.3. The quantitative estimate of drug-likeness (QED) is 0.0362. The first kappa shape index (κ1) is 43.0. The summed E-state index contributed by atoms with van der Waals surface area (Å²) < 4.78 is 0. The van der Waals surface area contributed by atoms with Gasteiger partial charge >= 0.3 is 0 Å². The molecule has 0 aromatic rings. The minimum Gasteiger partial charge on any atom is -0.394 e. The second-order valence-corrected chi connectivity index (χ2v) is 13.3. The molecule has 44 heavy (non-hydrogen) atoms. The number of unbranched alkanes of at least 4 members (excludes halogenated alkanes) is 23. The largest absolute Gasteiger partial charge is 0.394 e. The van der Waals surface area contributed by atoms with Crippen LogP contribution < -0.4 is 5.32 Å². The lowest BCUT2D eigenvalue weighted by molar-refractivity contribution is -0.132. The molecule has 0 aliphatic carbocycles. The van der Waals surface area contributed by atoms with Gasteiger partial charge in [-0.3, -0.25) is 4.79 Å². The van der Waals surface area contributed by atoms with Crippen LogP contribution in [0, 0.1) is 0 Å². The molecule has 0 fully saturated rings. The highest BCUT2D eigenvalue weighted by molar-refractivity contribution is 5.80. The third kappa shape index (κ3) is 27.4. The number of carbonyl (C=O) groups excluding carboxylic acids is 1. The zero-order valence-corrected chi connectivity index (χ0v) is 29.2. The first-order chi connectivity index (χ1) is 21.5. The van der Waals surface area contributed by atoms with Crippen molar-refractivity contribution in [3.63, 3.8) is 0 Å². The third-order valence-corrected chi connectivity index (χ3v) is 8.98. The fraction of sp³-hybridized carbons (Fsp3) is 0.921. The van der Waals surface area contributed by atoms with Crippen LogP contribution in [0.4, 0.5) is 0 Å². The Bertz CT molecular complexity index is 628. The number of hydrogen-bond acceptors (Lipinski definition) is 5. The van der Waals surface area contributed by atoms with Crippen molar-refractivity contribution in [2.75, 3.05) is 6.61 Å². The lowest BCUT2D eigenvalue weighted by Crippen LogP contribution is -2.53. The number of rotatable bonds is 34. The lowest BCUT2D eigenvalue weighted by atomic mass is 10.00. The predicted molar refractivity (Wildman–Crippen MR) is 187 cm³/mol. The molecule has 0 spiro atoms. The van der Waals surface area contributed by atoms with Crippen LogP contribution in [0.1, 0.15) is 194 Å². The molecule has 0 bridgehead atoms. The van der Waals surface area contributed by atoms with Crippen molar-refractivity contribution in [1.29, 1.82) is 0 Å². The monoisotopic (exact) mass is 626 g/mol. The van der Waals surface area contributed by atoms with E-state index in [0.29, 0.717) is 12.8 Å². The molecule has 262 valence electrons. The Labute approximate surface area is 272 Å². The Balaban J connectivity index is 3.83. The van der Waals surface area contributed by atoms with E-state index in [9.17, 15) is 25.2 Å². The average molecular weight is 626 g/mol. The van der Waals surface area contributed by atoms with E-state index in [0.717, 1.165) is 38.5 Å². The molecule has 1 amide bonds. The first-order valence-electron chi connectivity index (χ1n) is 19.1. The van der Waals surface area contributed by atoms with Gasteiger partial charge in [-0.05, 0) is 38.5 Å². The summed E-state index contributed by atoms with van der Waals surface area (Å²) in [6, 6.07) is -0.995. The Kier molecular flexibility index (Phi) is 32.7. The van der Waals surface area contributed by atoms with E-state index in [-0.39, 0.29) is 0 Å². The number of aliphatic hydroxyl groups excluding tert-OH is 4. The molecule has 0 saturated heterocycles. The molecular formula is C38H75NO5. The molecule has 0 aliphatic rings. The smallest absolute Gasteiger partial charge is 0.249 e. The fourth-order valence-electron chi connectivity index (χ4n) is 5.87. The van der Waals surface area contributed by atoms with Gasteiger partial charge in [0.15, 0.2) is 0 Å². The zero-order valence-electron chi connectivity index (χ0n) is 29.2. The number of hydrogen-bond donors (Lipinski definition) is 5. The van der Waals surface area contributed by atoms with Crippen LogP contribution in [-0.2, 0) is 4.79 Å². The molecular weight excluding hydrogens is 550 g/mol. The summed E-state index contributed by atoms with van der Waals surface area (Å²) in [6.07, 6.45) is 33.7. The molecule has 4 unspecified atom stereocenters. The van der Waals surface area contributed by atoms with E-state index < -0.39 is 36.9 Å². The Morgan fingerprint density at radius 2 is 0.932 bits per heavy atom. The highest BCUT2D eigenvalue weighted by Gasteiger charge is 2.28. The maximum Gasteiger partial charge on any atom is 0.249 e. The van der Waals surface area contributed by atoms with Crippen molar-refractivity contribution >= 4 is 5.91 Å². The number of nitrogens with one attached hydrogen (secondary N) is 1. The maximum atomic E-state index is 12.4. The van der Waals surface area contributed by atoms with Gasteiger partial charge in [-0.1, -0.05) is 167 Å². The van der Waals surface area contributed by atoms with E-state index in [4.69, 9.17) is 0 Å². The summed E-state index contributed by atoms with van der Waals surface area (Å²) in [5.74, 6) is -0.593. The standard InChI is InChI=1S/C38H75NO5/c1-3-5-7-9-11-13-15-17-18-20-22-24-26-28-30-32-36(42)38(44)39-34(33-40)37(43)35(41)31-29-27-25-23-21-19-16-14-12-10-8-6-4-2/h23,25,34-37,40-43H,3-22,24,26-33H2,1-2H3,(H,39,44)/b25-23+. The summed E-state index contributed by atoms with van der Waals surface area (Å²) in [5.41, 5.74) is 0. The number of aliphatic hydroxyl groups is 4. The summed E-state index contributed by atoms with van der Waals surface area (Å²) in [7, 11) is 0. The van der Waals surface area contributed by atoms with Gasteiger partial charge in [0.1, 0.15) is 12.2 Å². The normalized spacial score (nSPS) is 14.6. The van der Waals surface area contributed by atoms with Crippen LogP contribution in [0.5, 0.6) is 0 Å². The van der Waals surface area contributed by atoms with Crippen LogP contribution in [-0.4, -0.2) is 57.3 Å². The molecule has 0 radical (unpaired) electrons. The van der Waals surface area contributed by atoms with Crippen LogP contribution >= 0.6 is 0 Å². The molecule has 0 rings (SSSR count). The van der Waals surface area contributed by atoms with Gasteiger partial charge in [0.2, 0.25) is 5.91 Å². The summed E-state index contributed by atoms with van der Waals surface area (Å²) in [6.45, 7) is 4.02. The van der Waals surface area contributed by atoms with Crippen molar-refractivity contribution in [3.8, 4) is 0 Å². The van der Waals surface area contributed by atoms with Crippen molar-refractivity contribution in [3.05, 3.63) is 12.2 Å². The van der Waals surface area contributed by atoms with Crippen LogP contribution in [0.2, 0.25) is 0 Å². The van der Waals surface area contributed by atoms with E-state index in [1.807, 2.05) is 0 Å². The first-order valence-corrected chi connectivity index (χ1v) is 19.1. The number of carbonyl (C=O) groups is 1. The Hall–Kier alpha value is -0.950. The molecule has 6 heteroatoms. The zero-order chi connectivity index (χ0) is 32.5. The summed E-state index contributed by atoms with van der Waals surface area (Å²) >= 11 is 0. The van der Waals surface area contributed by atoms with Gasteiger partial charge in [0, 0.05) is 0 Å². The summed E-state index contributed by atoms with van der Waals surface area (Å²) in [4.78, 5) is 12.4. The van der Waals surface area contributed by atoms with Gasteiger partial charge in [-0.2, -0.15) is 0 Å². The minimum atomic E-state index is -1.27. The lowest BCUT2D eigenvalue weighted by Gasteiger charge is -2.27. The minimum absolute atomic E-state index is 0.367. The van der Waals surface area contributed by atoms with E-state index >= 15 is 0 Å². The van der Waals surface area contributed by atoms with Crippen LogP contribution in [0.15, 0.2) is 12.2 Å². The van der Waals surface area contributed by atoms with Gasteiger partial charge in [0.25, 0.3) is 0 Å². The van der Waals surface area contributed by atoms with Crippen molar-refractivity contribution in [2.45, 2.75) is 218 Å². The third-order valence-electron chi connectivity index (χ3n) is 8.98. The van der Waals surface area contributed by atoms with Gasteiger partial charge in [-0.15, -0.1) is 0 Å². The van der Waals surface area contributed by atoms with Crippen molar-refractivity contribution < 1.29 is 25.2 Å². The molecule has 0 aromatic heterocycles. The molecule has 0 saturated carbocycles. The van der Waals surface area contributed by atoms with Gasteiger partial charge < -0.3 is 25.7 Å². The van der Waals surface area contributed by atoms with Crippen molar-refractivity contribution in [2.24, 2.45) is 0 Å². The number of amides is 1. The average Bonchev–Trinajstić information content (AvgIpc) is 3.03. The topological polar surface area (TPSA) is 110 Å². The number of allylic oxidation sites excluding steroid dienone is 2. The van der Waals surface area contributed by atoms with E-state index in [1.165, 1.54) is 128 Å². The van der Waals surface area contributed by atoms with Crippen LogP contribution in [0.25, 0.3) is 0 Å². The van der Waals surface area contributed by atoms with E-state index in [2.05, 4.69) is 31.3 Å². The Morgan fingerprint density at radius 1 is 0.545 bits per heavy atom. The van der Waals surface area contributed by atoms with Crippen LogP contribution in [0.3, 0.4) is 0 Å². The molecule has 0 aliphatic heterocycles. The molecule has 0 heterocycles. The molecule has 4 atom stereocenters. The van der Waals surface area contributed by atoms with Gasteiger partial charge in [0.05, 0.1) is 18.8 Å². The Morgan fingerprint density at radius 3 is 1.36 bits per heavy atom. The van der Waals surface area contributed by atoms with Crippen molar-refractivity contribution in [1.82, 2.24) is 5.32 Å². The van der Waals surface area contributed by atoms with E-state index in [1.54, 1.807) is 0 Å². The summed E-state index contributed by atoms with van der Waals surface area (Å²) in [5, 5.41) is 43.4.